The van der Waals surface area contributed by atoms with Gasteiger partial charge < -0.3 is 10.2 Å². The van der Waals surface area contributed by atoms with E-state index in [2.05, 4.69) is 10.3 Å². The predicted molar refractivity (Wildman–Crippen MR) is 73.8 cm³/mol. The molecule has 2 heterocycles. The van der Waals surface area contributed by atoms with E-state index >= 15 is 0 Å². The highest BCUT2D eigenvalue weighted by molar-refractivity contribution is 7.11. The molecule has 5 nitrogen and oxygen atoms in total. The van der Waals surface area contributed by atoms with Crippen molar-refractivity contribution in [2.45, 2.75) is 45.7 Å². The Morgan fingerprint density at radius 2 is 2.32 bits per heavy atom. The molecule has 0 aromatic carbocycles. The number of carbonyl (C=O) groups is 2. The molecule has 6 heteroatoms. The van der Waals surface area contributed by atoms with Gasteiger partial charge in [0.15, 0.2) is 0 Å². The lowest BCUT2D eigenvalue weighted by Gasteiger charge is -2.35. The van der Waals surface area contributed by atoms with E-state index in [0.29, 0.717) is 6.42 Å². The zero-order valence-electron chi connectivity index (χ0n) is 11.5. The first-order chi connectivity index (χ1) is 9.02. The third-order valence-corrected chi connectivity index (χ3v) is 4.35. The van der Waals surface area contributed by atoms with Crippen molar-refractivity contribution >= 4 is 23.2 Å². The smallest absolute Gasteiger partial charge is 0.246 e. The molecule has 0 radical (unpaired) electrons. The zero-order chi connectivity index (χ0) is 14.0. The van der Waals surface area contributed by atoms with E-state index < -0.39 is 0 Å². The maximum Gasteiger partial charge on any atom is 0.246 e. The Morgan fingerprint density at radius 3 is 2.89 bits per heavy atom. The molecule has 1 aromatic heterocycles. The summed E-state index contributed by atoms with van der Waals surface area (Å²) in [5.74, 6) is -0.0834. The van der Waals surface area contributed by atoms with Crippen molar-refractivity contribution in [2.24, 2.45) is 0 Å². The highest BCUT2D eigenvalue weighted by Gasteiger charge is 2.35. The number of piperazine rings is 1. The Hall–Kier alpha value is -1.43. The Bertz CT molecular complexity index is 486. The van der Waals surface area contributed by atoms with Crippen molar-refractivity contribution in [1.29, 1.82) is 0 Å². The number of hydrogen-bond donors (Lipinski definition) is 1. The van der Waals surface area contributed by atoms with Crippen molar-refractivity contribution in [3.05, 3.63) is 16.1 Å². The van der Waals surface area contributed by atoms with Crippen LogP contribution in [0.1, 0.15) is 42.6 Å². The number of aromatic nitrogens is 1. The van der Waals surface area contributed by atoms with Crippen LogP contribution in [0.25, 0.3) is 0 Å². The van der Waals surface area contributed by atoms with Crippen LogP contribution in [0.4, 0.5) is 0 Å². The molecule has 0 bridgehead atoms. The number of rotatable bonds is 4. The van der Waals surface area contributed by atoms with Crippen LogP contribution < -0.4 is 5.32 Å². The van der Waals surface area contributed by atoms with Gasteiger partial charge in [-0.3, -0.25) is 9.59 Å². The summed E-state index contributed by atoms with van der Waals surface area (Å²) in [5, 5.41) is 3.65. The Kier molecular flexibility index (Phi) is 4.19. The lowest BCUT2D eigenvalue weighted by molar-refractivity contribution is -0.146. The van der Waals surface area contributed by atoms with Gasteiger partial charge in [-0.25, -0.2) is 4.98 Å². The number of nitrogens with zero attached hydrogens (tertiary/aromatic N) is 2. The average Bonchev–Trinajstić information content (AvgIpc) is 2.79. The van der Waals surface area contributed by atoms with E-state index in [1.165, 1.54) is 0 Å². The molecule has 0 saturated carbocycles. The monoisotopic (exact) mass is 281 g/mol. The van der Waals surface area contributed by atoms with E-state index in [-0.39, 0.29) is 30.4 Å². The van der Waals surface area contributed by atoms with Crippen LogP contribution in [0, 0.1) is 6.92 Å². The van der Waals surface area contributed by atoms with Crippen LogP contribution in [0.15, 0.2) is 6.20 Å². The van der Waals surface area contributed by atoms with Gasteiger partial charge in [-0.1, -0.05) is 13.3 Å². The Balaban J connectivity index is 2.17. The van der Waals surface area contributed by atoms with Crippen LogP contribution in [0.3, 0.4) is 0 Å². The van der Waals surface area contributed by atoms with Gasteiger partial charge in [0.25, 0.3) is 0 Å². The Labute approximate surface area is 117 Å². The van der Waals surface area contributed by atoms with E-state index in [1.54, 1.807) is 22.4 Å². The molecule has 0 aliphatic carbocycles. The van der Waals surface area contributed by atoms with E-state index in [4.69, 9.17) is 0 Å². The average molecular weight is 281 g/mol. The van der Waals surface area contributed by atoms with E-state index in [9.17, 15) is 9.59 Å². The number of nitrogens with one attached hydrogen (secondary N) is 1. The molecule has 2 rings (SSSR count). The number of thiazole rings is 1. The lowest BCUT2D eigenvalue weighted by Crippen LogP contribution is -2.58. The van der Waals surface area contributed by atoms with Crippen LogP contribution in [-0.4, -0.2) is 34.3 Å². The largest absolute Gasteiger partial charge is 0.343 e. The molecule has 1 aliphatic heterocycles. The van der Waals surface area contributed by atoms with Crippen LogP contribution >= 0.6 is 11.3 Å². The highest BCUT2D eigenvalue weighted by Crippen LogP contribution is 2.26. The third-order valence-electron chi connectivity index (χ3n) is 3.27. The zero-order valence-corrected chi connectivity index (χ0v) is 12.3. The molecule has 1 aliphatic rings. The molecule has 1 fully saturated rings. The fourth-order valence-electron chi connectivity index (χ4n) is 2.25. The van der Waals surface area contributed by atoms with Crippen molar-refractivity contribution in [3.63, 3.8) is 0 Å². The minimum absolute atomic E-state index is 0.00167. The molecule has 104 valence electrons. The first-order valence-electron chi connectivity index (χ1n) is 6.55. The van der Waals surface area contributed by atoms with Gasteiger partial charge in [-0.2, -0.15) is 0 Å². The molecule has 1 saturated heterocycles. The number of hydrogen-bond acceptors (Lipinski definition) is 4. The summed E-state index contributed by atoms with van der Waals surface area (Å²) in [5.41, 5.74) is 0. The molecule has 19 heavy (non-hydrogen) atoms. The quantitative estimate of drug-likeness (QED) is 0.912. The van der Waals surface area contributed by atoms with E-state index in [1.807, 2.05) is 20.8 Å². The van der Waals surface area contributed by atoms with Crippen LogP contribution in [0.2, 0.25) is 0 Å². The lowest BCUT2D eigenvalue weighted by atomic mass is 10.1. The molecule has 2 unspecified atom stereocenters. The SMILES string of the molecule is CCCC1NC(=O)CN(C(C)c2ncc(C)s2)C1=O. The summed E-state index contributed by atoms with van der Waals surface area (Å²) in [7, 11) is 0. The maximum atomic E-state index is 12.4. The van der Waals surface area contributed by atoms with E-state index in [0.717, 1.165) is 16.3 Å². The molecule has 1 aromatic rings. The second-order valence-corrected chi connectivity index (χ2v) is 6.13. The van der Waals surface area contributed by atoms with Crippen LogP contribution in [0.5, 0.6) is 0 Å². The van der Waals surface area contributed by atoms with Crippen molar-refractivity contribution in [1.82, 2.24) is 15.2 Å². The molecular formula is C13H19N3O2S. The first kappa shape index (κ1) is 14.0. The predicted octanol–water partition coefficient (Wildman–Crippen LogP) is 1.64. The summed E-state index contributed by atoms with van der Waals surface area (Å²) in [4.78, 5) is 31.2. The van der Waals surface area contributed by atoms with Gasteiger partial charge in [-0.05, 0) is 20.3 Å². The maximum absolute atomic E-state index is 12.4. The fourth-order valence-corrected chi connectivity index (χ4v) is 3.08. The van der Waals surface area contributed by atoms with Crippen molar-refractivity contribution in [3.8, 4) is 0 Å². The van der Waals surface area contributed by atoms with Gasteiger partial charge >= 0.3 is 0 Å². The highest BCUT2D eigenvalue weighted by atomic mass is 32.1. The molecular weight excluding hydrogens is 262 g/mol. The minimum Gasteiger partial charge on any atom is -0.343 e. The number of aryl methyl sites for hydroxylation is 1. The topological polar surface area (TPSA) is 62.3 Å². The molecule has 0 spiro atoms. The summed E-state index contributed by atoms with van der Waals surface area (Å²) in [6.45, 7) is 6.04. The second-order valence-electron chi connectivity index (χ2n) is 4.86. The van der Waals surface area contributed by atoms with Gasteiger partial charge in [0.05, 0.1) is 6.04 Å². The summed E-state index contributed by atoms with van der Waals surface area (Å²) < 4.78 is 0. The number of amides is 2. The summed E-state index contributed by atoms with van der Waals surface area (Å²) in [6.07, 6.45) is 3.36. The van der Waals surface area contributed by atoms with Crippen LogP contribution in [-0.2, 0) is 9.59 Å². The molecule has 1 N–H and O–H groups in total. The fraction of sp³-hybridized carbons (Fsp3) is 0.615. The normalized spacial score (nSPS) is 21.4. The Morgan fingerprint density at radius 1 is 1.58 bits per heavy atom. The first-order valence-corrected chi connectivity index (χ1v) is 7.36. The van der Waals surface area contributed by atoms with Gasteiger partial charge in [0, 0.05) is 11.1 Å². The van der Waals surface area contributed by atoms with Gasteiger partial charge in [0.2, 0.25) is 11.8 Å². The summed E-state index contributed by atoms with van der Waals surface area (Å²) >= 11 is 1.57. The number of carbonyl (C=O) groups excluding carboxylic acids is 2. The third kappa shape index (κ3) is 2.94. The summed E-state index contributed by atoms with van der Waals surface area (Å²) in [6, 6.07) is -0.522. The van der Waals surface area contributed by atoms with Gasteiger partial charge in [0.1, 0.15) is 17.6 Å². The minimum atomic E-state index is -0.380. The van der Waals surface area contributed by atoms with Crippen molar-refractivity contribution < 1.29 is 9.59 Å². The molecule has 2 atom stereocenters. The second kappa shape index (κ2) is 5.69. The van der Waals surface area contributed by atoms with Gasteiger partial charge in [-0.15, -0.1) is 11.3 Å². The van der Waals surface area contributed by atoms with Crippen molar-refractivity contribution in [2.75, 3.05) is 6.54 Å². The molecule has 2 amide bonds. The standard InChI is InChI=1S/C13H19N3O2S/c1-4-5-10-13(18)16(7-11(17)15-10)9(3)12-14-6-8(2)19-12/h6,9-10H,4-5,7H2,1-3H3,(H,15,17).